The number of halogens is 3. The second-order valence-corrected chi connectivity index (χ2v) is 6.33. The van der Waals surface area contributed by atoms with E-state index in [4.69, 9.17) is 10.3 Å². The summed E-state index contributed by atoms with van der Waals surface area (Å²) >= 11 is 0. The van der Waals surface area contributed by atoms with Crippen molar-refractivity contribution in [2.45, 2.75) is 12.7 Å². The van der Waals surface area contributed by atoms with Gasteiger partial charge in [-0.15, -0.1) is 0 Å². The van der Waals surface area contributed by atoms with Crippen LogP contribution in [0, 0.1) is 0 Å². The molecule has 0 aliphatic carbocycles. The quantitative estimate of drug-likeness (QED) is 0.528. The number of aromatic nitrogens is 3. The number of benzene rings is 2. The smallest absolute Gasteiger partial charge is 0.334 e. The van der Waals surface area contributed by atoms with Crippen LogP contribution in [-0.2, 0) is 12.7 Å². The van der Waals surface area contributed by atoms with Crippen LogP contribution in [0.2, 0.25) is 0 Å². The first-order valence-electron chi connectivity index (χ1n) is 8.71. The molecule has 0 amide bonds. The molecule has 0 aliphatic rings. The Kier molecular flexibility index (Phi) is 4.85. The molecule has 0 spiro atoms. The zero-order chi connectivity index (χ0) is 20.4. The molecule has 2 N–H and O–H groups in total. The van der Waals surface area contributed by atoms with Crippen LogP contribution in [0.3, 0.4) is 0 Å². The van der Waals surface area contributed by atoms with Gasteiger partial charge in [-0.1, -0.05) is 41.6 Å². The molecule has 2 heterocycles. The van der Waals surface area contributed by atoms with Gasteiger partial charge in [-0.3, -0.25) is 4.98 Å². The Labute approximate surface area is 164 Å². The predicted molar refractivity (Wildman–Crippen MR) is 101 cm³/mol. The summed E-state index contributed by atoms with van der Waals surface area (Å²) < 4.78 is 43.6. The van der Waals surface area contributed by atoms with Crippen LogP contribution >= 0.6 is 0 Å². The molecule has 146 valence electrons. The van der Waals surface area contributed by atoms with Gasteiger partial charge >= 0.3 is 6.18 Å². The average Bonchev–Trinajstić information content (AvgIpc) is 3.24. The number of hydrogen-bond acceptors (Lipinski definition) is 5. The van der Waals surface area contributed by atoms with Crippen molar-refractivity contribution in [3.05, 3.63) is 78.0 Å². The van der Waals surface area contributed by atoms with Crippen molar-refractivity contribution in [2.75, 3.05) is 0 Å². The molecule has 4 rings (SSSR count). The third kappa shape index (κ3) is 4.02. The van der Waals surface area contributed by atoms with Gasteiger partial charge in [0.1, 0.15) is 0 Å². The molecule has 0 saturated heterocycles. The van der Waals surface area contributed by atoms with E-state index in [0.29, 0.717) is 35.1 Å². The molecule has 2 aromatic heterocycles. The van der Waals surface area contributed by atoms with E-state index in [2.05, 4.69) is 15.1 Å². The van der Waals surface area contributed by atoms with E-state index in [0.717, 1.165) is 23.3 Å². The summed E-state index contributed by atoms with van der Waals surface area (Å²) in [4.78, 5) is 8.63. The number of rotatable bonds is 4. The monoisotopic (exact) mass is 396 g/mol. The molecular weight excluding hydrogens is 381 g/mol. The molecule has 4 aromatic rings. The summed E-state index contributed by atoms with van der Waals surface area (Å²) in [7, 11) is 0. The zero-order valence-corrected chi connectivity index (χ0v) is 15.0. The normalized spacial score (nSPS) is 11.6. The van der Waals surface area contributed by atoms with Crippen LogP contribution < -0.4 is 5.73 Å². The van der Waals surface area contributed by atoms with Crippen LogP contribution in [0.4, 0.5) is 13.2 Å². The summed E-state index contributed by atoms with van der Waals surface area (Å²) in [5.41, 5.74) is 8.34. The minimum Gasteiger partial charge on any atom is -0.334 e. The fourth-order valence-corrected chi connectivity index (χ4v) is 2.80. The summed E-state index contributed by atoms with van der Waals surface area (Å²) in [6, 6.07) is 15.7. The molecule has 0 unspecified atom stereocenters. The minimum atomic E-state index is -4.38. The highest BCUT2D eigenvalue weighted by Crippen LogP contribution is 2.31. The van der Waals surface area contributed by atoms with Crippen LogP contribution in [0.15, 0.2) is 71.4 Å². The van der Waals surface area contributed by atoms with Crippen molar-refractivity contribution in [1.82, 2.24) is 15.1 Å². The molecule has 29 heavy (non-hydrogen) atoms. The van der Waals surface area contributed by atoms with Crippen molar-refractivity contribution in [2.24, 2.45) is 5.73 Å². The Hall–Kier alpha value is -3.52. The SMILES string of the molecule is NCc1ccc(-c2noc(-c3ccnc(-c4ccc(C(F)(F)F)cc4)c3)n2)cc1. The summed E-state index contributed by atoms with van der Waals surface area (Å²) in [5, 5.41) is 4.00. The van der Waals surface area contributed by atoms with Gasteiger partial charge in [0.2, 0.25) is 5.82 Å². The maximum atomic E-state index is 12.7. The fourth-order valence-electron chi connectivity index (χ4n) is 2.80. The fraction of sp³-hybridized carbons (Fsp3) is 0.0952. The van der Waals surface area contributed by atoms with Crippen LogP contribution in [-0.4, -0.2) is 15.1 Å². The minimum absolute atomic E-state index is 0.290. The van der Waals surface area contributed by atoms with E-state index in [1.54, 1.807) is 18.3 Å². The molecule has 0 bridgehead atoms. The maximum absolute atomic E-state index is 12.7. The molecule has 5 nitrogen and oxygen atoms in total. The van der Waals surface area contributed by atoms with Crippen molar-refractivity contribution < 1.29 is 17.7 Å². The van der Waals surface area contributed by atoms with Gasteiger partial charge in [0.15, 0.2) is 0 Å². The van der Waals surface area contributed by atoms with Gasteiger partial charge in [-0.2, -0.15) is 18.2 Å². The Morgan fingerprint density at radius 1 is 0.862 bits per heavy atom. The first-order valence-corrected chi connectivity index (χ1v) is 8.71. The van der Waals surface area contributed by atoms with Gasteiger partial charge in [0.25, 0.3) is 5.89 Å². The third-order valence-electron chi connectivity index (χ3n) is 4.39. The lowest BCUT2D eigenvalue weighted by molar-refractivity contribution is -0.137. The second-order valence-electron chi connectivity index (χ2n) is 6.33. The van der Waals surface area contributed by atoms with Gasteiger partial charge < -0.3 is 10.3 Å². The second kappa shape index (κ2) is 7.48. The molecule has 0 fully saturated rings. The topological polar surface area (TPSA) is 77.8 Å². The van der Waals surface area contributed by atoms with Gasteiger partial charge in [-0.25, -0.2) is 0 Å². The molecule has 8 heteroatoms. The Morgan fingerprint density at radius 3 is 2.21 bits per heavy atom. The highest BCUT2D eigenvalue weighted by molar-refractivity contribution is 5.67. The molecule has 2 aromatic carbocycles. The van der Waals surface area contributed by atoms with Crippen molar-refractivity contribution in [3.8, 4) is 34.1 Å². The number of hydrogen-bond donors (Lipinski definition) is 1. The third-order valence-corrected chi connectivity index (χ3v) is 4.39. The van der Waals surface area contributed by atoms with Crippen LogP contribution in [0.25, 0.3) is 34.1 Å². The summed E-state index contributed by atoms with van der Waals surface area (Å²) in [6.45, 7) is 0.446. The van der Waals surface area contributed by atoms with E-state index in [1.807, 2.05) is 24.3 Å². The lowest BCUT2D eigenvalue weighted by Gasteiger charge is -2.07. The Balaban J connectivity index is 1.61. The highest BCUT2D eigenvalue weighted by atomic mass is 19.4. The Bertz CT molecular complexity index is 1120. The van der Waals surface area contributed by atoms with Crippen molar-refractivity contribution in [1.29, 1.82) is 0 Å². The first kappa shape index (κ1) is 18.8. The van der Waals surface area contributed by atoms with Crippen molar-refractivity contribution in [3.63, 3.8) is 0 Å². The lowest BCUT2D eigenvalue weighted by Crippen LogP contribution is -2.04. The number of nitrogens with two attached hydrogens (primary N) is 1. The zero-order valence-electron chi connectivity index (χ0n) is 15.0. The lowest BCUT2D eigenvalue weighted by atomic mass is 10.1. The highest BCUT2D eigenvalue weighted by Gasteiger charge is 2.30. The number of pyridine rings is 1. The van der Waals surface area contributed by atoms with Crippen LogP contribution in [0.1, 0.15) is 11.1 Å². The Morgan fingerprint density at radius 2 is 1.55 bits per heavy atom. The van der Waals surface area contributed by atoms with E-state index in [9.17, 15) is 13.2 Å². The maximum Gasteiger partial charge on any atom is 0.416 e. The molecule has 0 atom stereocenters. The molecule has 0 aliphatic heterocycles. The predicted octanol–water partition coefficient (Wildman–Crippen LogP) is 4.94. The first-order chi connectivity index (χ1) is 13.9. The largest absolute Gasteiger partial charge is 0.416 e. The molecule has 0 saturated carbocycles. The van der Waals surface area contributed by atoms with Crippen LogP contribution in [0.5, 0.6) is 0 Å². The molecular formula is C21H15F3N4O. The van der Waals surface area contributed by atoms with Gasteiger partial charge in [0.05, 0.1) is 11.3 Å². The van der Waals surface area contributed by atoms with E-state index in [-0.39, 0.29) is 0 Å². The molecule has 0 radical (unpaired) electrons. The summed E-state index contributed by atoms with van der Waals surface area (Å²) in [5.74, 6) is 0.718. The van der Waals surface area contributed by atoms with Gasteiger partial charge in [-0.05, 0) is 29.8 Å². The average molecular weight is 396 g/mol. The number of alkyl halides is 3. The van der Waals surface area contributed by atoms with E-state index in [1.165, 1.54) is 12.1 Å². The van der Waals surface area contributed by atoms with Crippen molar-refractivity contribution >= 4 is 0 Å². The number of nitrogens with zero attached hydrogens (tertiary/aromatic N) is 3. The summed E-state index contributed by atoms with van der Waals surface area (Å²) in [6.07, 6.45) is -2.83. The van der Waals surface area contributed by atoms with E-state index >= 15 is 0 Å². The standard InChI is InChI=1S/C21H15F3N4O/c22-21(23,24)17-7-5-14(6-8-17)18-11-16(9-10-26-18)20-27-19(28-29-20)15-3-1-13(12-25)2-4-15/h1-11H,12,25H2. The van der Waals surface area contributed by atoms with Gasteiger partial charge in [0, 0.05) is 29.4 Å². The van der Waals surface area contributed by atoms with E-state index < -0.39 is 11.7 Å².